The average molecular weight is 360 g/mol. The predicted molar refractivity (Wildman–Crippen MR) is 106 cm³/mol. The van der Waals surface area contributed by atoms with Crippen LogP contribution in [0.5, 0.6) is 5.75 Å². The molecule has 4 nitrogen and oxygen atoms in total. The van der Waals surface area contributed by atoms with Crippen LogP contribution in [0.1, 0.15) is 77.5 Å². The summed E-state index contributed by atoms with van der Waals surface area (Å²) in [6, 6.07) is 3.91. The van der Waals surface area contributed by atoms with Gasteiger partial charge in [0.1, 0.15) is 5.75 Å². The molecule has 1 N–H and O–H groups in total. The van der Waals surface area contributed by atoms with Crippen LogP contribution in [0.3, 0.4) is 0 Å². The zero-order valence-electron chi connectivity index (χ0n) is 17.1. The van der Waals surface area contributed by atoms with Crippen LogP contribution in [-0.2, 0) is 20.5 Å². The van der Waals surface area contributed by atoms with E-state index in [-0.39, 0.29) is 16.8 Å². The van der Waals surface area contributed by atoms with Gasteiger partial charge in [0.2, 0.25) is 0 Å². The summed E-state index contributed by atoms with van der Waals surface area (Å²) in [4.78, 5) is 17.5. The molecule has 1 heterocycles. The molecular weight excluding hydrogens is 326 g/mol. The number of carbonyl (C=O) groups is 1. The van der Waals surface area contributed by atoms with Crippen LogP contribution in [0.2, 0.25) is 0 Å². The van der Waals surface area contributed by atoms with Gasteiger partial charge in [0.25, 0.3) is 0 Å². The fraction of sp³-hybridized carbons (Fsp3) is 0.591. The molecule has 0 aromatic heterocycles. The Kier molecular flexibility index (Phi) is 6.17. The summed E-state index contributed by atoms with van der Waals surface area (Å²) in [5.74, 6) is -0.00682. The van der Waals surface area contributed by atoms with Crippen molar-refractivity contribution in [2.75, 3.05) is 13.1 Å². The molecule has 1 aliphatic rings. The minimum absolute atomic E-state index is 0.192. The quantitative estimate of drug-likeness (QED) is 0.776. The fourth-order valence-corrected chi connectivity index (χ4v) is 3.17. The van der Waals surface area contributed by atoms with Gasteiger partial charge in [0, 0.05) is 30.3 Å². The number of phenols is 1. The maximum Gasteiger partial charge on any atom is 0.349 e. The molecule has 0 amide bonds. The van der Waals surface area contributed by atoms with E-state index < -0.39 is 0 Å². The zero-order valence-corrected chi connectivity index (χ0v) is 17.1. The Morgan fingerprint density at radius 3 is 1.96 bits per heavy atom. The second-order valence-electron chi connectivity index (χ2n) is 9.20. The Morgan fingerprint density at radius 2 is 1.50 bits per heavy atom. The van der Waals surface area contributed by atoms with Gasteiger partial charge in [0.15, 0.2) is 0 Å². The molecule has 1 aliphatic heterocycles. The predicted octanol–water partition coefficient (Wildman–Crippen LogP) is 4.94. The van der Waals surface area contributed by atoms with Crippen LogP contribution in [0.15, 0.2) is 18.2 Å². The van der Waals surface area contributed by atoms with Gasteiger partial charge in [-0.05, 0) is 47.4 Å². The van der Waals surface area contributed by atoms with Gasteiger partial charge in [-0.2, -0.15) is 0 Å². The SMILES string of the molecule is CC(C)(C)c1cc(/C=C/C(=O)ON2CCCCC2)cc(C(C)(C)C)c1O. The fourth-order valence-electron chi connectivity index (χ4n) is 3.17. The van der Waals surface area contributed by atoms with Crippen molar-refractivity contribution in [3.63, 3.8) is 0 Å². The van der Waals surface area contributed by atoms with E-state index in [1.807, 2.05) is 12.1 Å². The van der Waals surface area contributed by atoms with E-state index >= 15 is 0 Å². The smallest absolute Gasteiger partial charge is 0.349 e. The lowest BCUT2D eigenvalue weighted by Crippen LogP contribution is -2.31. The monoisotopic (exact) mass is 359 g/mol. The minimum Gasteiger partial charge on any atom is -0.507 e. The molecule has 0 spiro atoms. The van der Waals surface area contributed by atoms with Crippen molar-refractivity contribution in [3.8, 4) is 5.75 Å². The van der Waals surface area contributed by atoms with Crippen molar-refractivity contribution < 1.29 is 14.7 Å². The highest BCUT2D eigenvalue weighted by molar-refractivity contribution is 5.87. The van der Waals surface area contributed by atoms with Gasteiger partial charge in [-0.3, -0.25) is 0 Å². The van der Waals surface area contributed by atoms with Crippen molar-refractivity contribution in [1.82, 2.24) is 5.06 Å². The third-order valence-corrected chi connectivity index (χ3v) is 4.69. The highest BCUT2D eigenvalue weighted by Gasteiger charge is 2.26. The second kappa shape index (κ2) is 7.83. The third kappa shape index (κ3) is 5.34. The van der Waals surface area contributed by atoms with Crippen LogP contribution >= 0.6 is 0 Å². The zero-order chi connectivity index (χ0) is 19.5. The number of aromatic hydroxyl groups is 1. The normalized spacial score (nSPS) is 16.8. The first-order valence-corrected chi connectivity index (χ1v) is 9.51. The maximum atomic E-state index is 12.1. The lowest BCUT2D eigenvalue weighted by molar-refractivity contribution is -0.187. The Morgan fingerprint density at radius 1 is 1.00 bits per heavy atom. The standard InChI is InChI=1S/C22H33NO3/c1-21(2,3)17-14-16(15-18(20(17)25)22(4,5)6)10-11-19(24)26-23-12-8-7-9-13-23/h10-11,14-15,25H,7-9,12-13H2,1-6H3/b11-10+. The Hall–Kier alpha value is -1.81. The molecule has 0 aliphatic carbocycles. The van der Waals surface area contributed by atoms with Gasteiger partial charge in [0.05, 0.1) is 0 Å². The molecule has 1 aromatic rings. The van der Waals surface area contributed by atoms with E-state index in [4.69, 9.17) is 4.84 Å². The van der Waals surface area contributed by atoms with E-state index in [2.05, 4.69) is 41.5 Å². The first-order chi connectivity index (χ1) is 12.0. The number of rotatable bonds is 3. The number of hydrogen-bond acceptors (Lipinski definition) is 4. The van der Waals surface area contributed by atoms with Gasteiger partial charge in [-0.25, -0.2) is 4.79 Å². The maximum absolute atomic E-state index is 12.1. The van der Waals surface area contributed by atoms with Crippen LogP contribution in [0, 0.1) is 0 Å². The minimum atomic E-state index is -0.352. The first-order valence-electron chi connectivity index (χ1n) is 9.51. The largest absolute Gasteiger partial charge is 0.507 e. The molecule has 0 atom stereocenters. The number of phenolic OH excluding ortho intramolecular Hbond substituents is 1. The van der Waals surface area contributed by atoms with E-state index in [1.165, 1.54) is 12.5 Å². The summed E-state index contributed by atoms with van der Waals surface area (Å²) in [7, 11) is 0. The number of carbonyl (C=O) groups excluding carboxylic acids is 1. The van der Waals surface area contributed by atoms with Crippen molar-refractivity contribution in [3.05, 3.63) is 34.9 Å². The van der Waals surface area contributed by atoms with Crippen molar-refractivity contribution in [1.29, 1.82) is 0 Å². The van der Waals surface area contributed by atoms with Crippen molar-refractivity contribution in [2.45, 2.75) is 71.6 Å². The number of nitrogens with zero attached hydrogens (tertiary/aromatic N) is 1. The number of hydrogen-bond donors (Lipinski definition) is 1. The Bertz CT molecular complexity index is 637. The van der Waals surface area contributed by atoms with Crippen LogP contribution in [0.25, 0.3) is 6.08 Å². The molecule has 4 heteroatoms. The van der Waals surface area contributed by atoms with Crippen molar-refractivity contribution in [2.24, 2.45) is 0 Å². The van der Waals surface area contributed by atoms with Crippen LogP contribution in [-0.4, -0.2) is 29.2 Å². The molecular formula is C22H33NO3. The average Bonchev–Trinajstić information content (AvgIpc) is 2.52. The van der Waals surface area contributed by atoms with Gasteiger partial charge in [-0.1, -0.05) is 48.0 Å². The van der Waals surface area contributed by atoms with Crippen LogP contribution < -0.4 is 0 Å². The summed E-state index contributed by atoms with van der Waals surface area (Å²) < 4.78 is 0. The summed E-state index contributed by atoms with van der Waals surface area (Å²) in [5, 5.41) is 12.5. The molecule has 0 radical (unpaired) electrons. The highest BCUT2D eigenvalue weighted by atomic mass is 16.7. The second-order valence-corrected chi connectivity index (χ2v) is 9.20. The van der Waals surface area contributed by atoms with Crippen molar-refractivity contribution >= 4 is 12.0 Å². The summed E-state index contributed by atoms with van der Waals surface area (Å²) in [6.07, 6.45) is 6.58. The molecule has 1 aromatic carbocycles. The number of hydroxylamine groups is 2. The molecule has 0 unspecified atom stereocenters. The molecule has 0 saturated carbocycles. The highest BCUT2D eigenvalue weighted by Crippen LogP contribution is 2.40. The summed E-state index contributed by atoms with van der Waals surface area (Å²) >= 11 is 0. The summed E-state index contributed by atoms with van der Waals surface area (Å²) in [6.45, 7) is 14.1. The molecule has 144 valence electrons. The molecule has 0 bridgehead atoms. The molecule has 26 heavy (non-hydrogen) atoms. The lowest BCUT2D eigenvalue weighted by atomic mass is 9.78. The van der Waals surface area contributed by atoms with E-state index in [1.54, 1.807) is 11.1 Å². The van der Waals surface area contributed by atoms with E-state index in [9.17, 15) is 9.90 Å². The van der Waals surface area contributed by atoms with Gasteiger partial charge >= 0.3 is 5.97 Å². The van der Waals surface area contributed by atoms with Gasteiger partial charge < -0.3 is 9.94 Å². The lowest BCUT2D eigenvalue weighted by Gasteiger charge is -2.28. The van der Waals surface area contributed by atoms with Crippen LogP contribution in [0.4, 0.5) is 0 Å². The topological polar surface area (TPSA) is 49.8 Å². The molecule has 2 rings (SSSR count). The molecule has 1 fully saturated rings. The van der Waals surface area contributed by atoms with Gasteiger partial charge in [-0.15, -0.1) is 5.06 Å². The Labute approximate surface area is 157 Å². The number of piperidine rings is 1. The van der Waals surface area contributed by atoms with E-state index in [0.717, 1.165) is 42.6 Å². The number of benzene rings is 1. The third-order valence-electron chi connectivity index (χ3n) is 4.69. The molecule has 1 saturated heterocycles. The summed E-state index contributed by atoms with van der Waals surface area (Å²) in [5.41, 5.74) is 2.28. The van der Waals surface area contributed by atoms with E-state index in [0.29, 0.717) is 5.75 Å². The first kappa shape index (κ1) is 20.5. The Balaban J connectivity index is 2.26.